The molecule has 1 saturated carbocycles. The van der Waals surface area contributed by atoms with Crippen LogP contribution in [0.15, 0.2) is 0 Å². The van der Waals surface area contributed by atoms with Crippen LogP contribution in [0.2, 0.25) is 0 Å². The van der Waals surface area contributed by atoms with Crippen LogP contribution in [0.1, 0.15) is 32.6 Å². The van der Waals surface area contributed by atoms with Crippen molar-refractivity contribution in [2.45, 2.75) is 75.4 Å². The predicted molar refractivity (Wildman–Crippen MR) is 65.6 cm³/mol. The molecule has 7 atom stereocenters. The summed E-state index contributed by atoms with van der Waals surface area (Å²) in [6.07, 6.45) is 0.785. The average Bonchev–Trinajstić information content (AvgIpc) is 2.31. The standard InChI is InChI=1S/C12H24N2O4/c1-6-12(16)9(14)5-11(17-6)18-7-2-3-10(15)8(13)4-7/h6-12,15-16H,2-5,13-14H2,1H3/t6-,7-,8+,9+,10+,11-,12-/m0/s1. The highest BCUT2D eigenvalue weighted by Gasteiger charge is 2.36. The lowest BCUT2D eigenvalue weighted by atomic mass is 9.91. The fourth-order valence-corrected chi connectivity index (χ4v) is 2.66. The fraction of sp³-hybridized carbons (Fsp3) is 1.00. The number of aliphatic hydroxyl groups is 2. The number of hydrogen-bond acceptors (Lipinski definition) is 6. The Balaban J connectivity index is 1.83. The van der Waals surface area contributed by atoms with Gasteiger partial charge in [-0.25, -0.2) is 0 Å². The molecule has 0 aromatic rings. The van der Waals surface area contributed by atoms with Crippen LogP contribution < -0.4 is 11.5 Å². The van der Waals surface area contributed by atoms with Gasteiger partial charge < -0.3 is 31.2 Å². The third kappa shape index (κ3) is 3.20. The molecule has 1 heterocycles. The van der Waals surface area contributed by atoms with E-state index in [1.807, 2.05) is 0 Å². The van der Waals surface area contributed by atoms with Gasteiger partial charge in [-0.05, 0) is 26.2 Å². The summed E-state index contributed by atoms with van der Waals surface area (Å²) in [7, 11) is 0. The molecule has 2 fully saturated rings. The second kappa shape index (κ2) is 5.81. The first-order valence-electron chi connectivity index (χ1n) is 6.65. The van der Waals surface area contributed by atoms with Crippen LogP contribution >= 0.6 is 0 Å². The minimum Gasteiger partial charge on any atom is -0.392 e. The lowest BCUT2D eigenvalue weighted by Crippen LogP contribution is -2.53. The highest BCUT2D eigenvalue weighted by molar-refractivity contribution is 4.86. The van der Waals surface area contributed by atoms with Crippen molar-refractivity contribution in [2.24, 2.45) is 11.5 Å². The van der Waals surface area contributed by atoms with Gasteiger partial charge in [-0.15, -0.1) is 0 Å². The van der Waals surface area contributed by atoms with E-state index in [0.717, 1.165) is 6.42 Å². The minimum absolute atomic E-state index is 0.00282. The Kier molecular flexibility index (Phi) is 4.58. The number of ether oxygens (including phenoxy) is 2. The Morgan fingerprint density at radius 2 is 1.83 bits per heavy atom. The molecule has 0 unspecified atom stereocenters. The SMILES string of the molecule is C[C@@H]1O[C@@H](O[C@H]2CC[C@@H](O)[C@H](N)C2)C[C@@H](N)[C@H]1O. The molecule has 106 valence electrons. The molecule has 6 heteroatoms. The average molecular weight is 260 g/mol. The topological polar surface area (TPSA) is 111 Å². The van der Waals surface area contributed by atoms with Gasteiger partial charge >= 0.3 is 0 Å². The van der Waals surface area contributed by atoms with Gasteiger partial charge in [0, 0.05) is 18.5 Å². The maximum Gasteiger partial charge on any atom is 0.160 e. The summed E-state index contributed by atoms with van der Waals surface area (Å²) in [6.45, 7) is 1.79. The van der Waals surface area contributed by atoms with E-state index in [4.69, 9.17) is 20.9 Å². The van der Waals surface area contributed by atoms with E-state index in [1.165, 1.54) is 0 Å². The Morgan fingerprint density at radius 1 is 1.11 bits per heavy atom. The van der Waals surface area contributed by atoms with Gasteiger partial charge in [0.25, 0.3) is 0 Å². The van der Waals surface area contributed by atoms with Gasteiger partial charge in [-0.2, -0.15) is 0 Å². The molecule has 2 aliphatic rings. The quantitative estimate of drug-likeness (QED) is 0.510. The number of hydrogen-bond donors (Lipinski definition) is 4. The zero-order valence-electron chi connectivity index (χ0n) is 10.7. The van der Waals surface area contributed by atoms with Crippen molar-refractivity contribution in [3.8, 4) is 0 Å². The Bertz CT molecular complexity index is 267. The van der Waals surface area contributed by atoms with Crippen molar-refractivity contribution in [3.05, 3.63) is 0 Å². The zero-order chi connectivity index (χ0) is 13.3. The van der Waals surface area contributed by atoms with Crippen molar-refractivity contribution < 1.29 is 19.7 Å². The molecular weight excluding hydrogens is 236 g/mol. The lowest BCUT2D eigenvalue weighted by molar-refractivity contribution is -0.244. The minimum atomic E-state index is -0.639. The largest absolute Gasteiger partial charge is 0.392 e. The summed E-state index contributed by atoms with van der Waals surface area (Å²) < 4.78 is 11.4. The van der Waals surface area contributed by atoms with Crippen LogP contribution in [0.25, 0.3) is 0 Å². The normalized spacial score (nSPS) is 50.2. The van der Waals surface area contributed by atoms with E-state index in [1.54, 1.807) is 6.92 Å². The van der Waals surface area contributed by atoms with Crippen LogP contribution in [0.4, 0.5) is 0 Å². The van der Waals surface area contributed by atoms with Crippen molar-refractivity contribution in [3.63, 3.8) is 0 Å². The molecule has 1 saturated heterocycles. The highest BCUT2D eigenvalue weighted by atomic mass is 16.7. The molecule has 1 aliphatic heterocycles. The summed E-state index contributed by atoms with van der Waals surface area (Å²) in [5.74, 6) is 0. The van der Waals surface area contributed by atoms with Crippen molar-refractivity contribution in [1.82, 2.24) is 0 Å². The molecule has 2 rings (SSSR count). The van der Waals surface area contributed by atoms with Gasteiger partial charge in [-0.3, -0.25) is 0 Å². The van der Waals surface area contributed by atoms with E-state index in [-0.39, 0.29) is 30.6 Å². The van der Waals surface area contributed by atoms with Crippen LogP contribution in [0.3, 0.4) is 0 Å². The van der Waals surface area contributed by atoms with E-state index in [9.17, 15) is 10.2 Å². The van der Waals surface area contributed by atoms with E-state index in [0.29, 0.717) is 19.3 Å². The molecule has 6 nitrogen and oxygen atoms in total. The first-order valence-corrected chi connectivity index (χ1v) is 6.65. The fourth-order valence-electron chi connectivity index (χ4n) is 2.66. The maximum absolute atomic E-state index is 9.69. The number of rotatable bonds is 2. The van der Waals surface area contributed by atoms with Gasteiger partial charge in [0.2, 0.25) is 0 Å². The number of aliphatic hydroxyl groups excluding tert-OH is 2. The van der Waals surface area contributed by atoms with Gasteiger partial charge in [0.15, 0.2) is 6.29 Å². The molecule has 0 aromatic heterocycles. The summed E-state index contributed by atoms with van der Waals surface area (Å²) >= 11 is 0. The van der Waals surface area contributed by atoms with Crippen molar-refractivity contribution >= 4 is 0 Å². The Hall–Kier alpha value is -0.240. The van der Waals surface area contributed by atoms with Crippen molar-refractivity contribution in [1.29, 1.82) is 0 Å². The third-order valence-corrected chi connectivity index (χ3v) is 3.91. The maximum atomic E-state index is 9.69. The molecule has 0 bridgehead atoms. The summed E-state index contributed by atoms with van der Waals surface area (Å²) in [4.78, 5) is 0. The Labute approximate surface area is 107 Å². The first kappa shape index (κ1) is 14.2. The van der Waals surface area contributed by atoms with Gasteiger partial charge in [0.1, 0.15) is 0 Å². The molecular formula is C12H24N2O4. The molecule has 6 N–H and O–H groups in total. The van der Waals surface area contributed by atoms with Gasteiger partial charge in [0.05, 0.1) is 24.4 Å². The highest BCUT2D eigenvalue weighted by Crippen LogP contribution is 2.26. The van der Waals surface area contributed by atoms with Crippen molar-refractivity contribution in [2.75, 3.05) is 0 Å². The second-order valence-electron chi connectivity index (χ2n) is 5.46. The van der Waals surface area contributed by atoms with Crippen LogP contribution in [-0.2, 0) is 9.47 Å². The van der Waals surface area contributed by atoms with E-state index >= 15 is 0 Å². The van der Waals surface area contributed by atoms with Gasteiger partial charge in [-0.1, -0.05) is 0 Å². The first-order chi connectivity index (χ1) is 8.47. The lowest BCUT2D eigenvalue weighted by Gasteiger charge is -2.39. The zero-order valence-corrected chi connectivity index (χ0v) is 10.7. The van der Waals surface area contributed by atoms with Crippen LogP contribution in [0, 0.1) is 0 Å². The molecule has 0 radical (unpaired) electrons. The molecule has 0 amide bonds. The second-order valence-corrected chi connectivity index (χ2v) is 5.46. The Morgan fingerprint density at radius 3 is 2.44 bits per heavy atom. The van der Waals surface area contributed by atoms with Crippen LogP contribution in [0.5, 0.6) is 0 Å². The third-order valence-electron chi connectivity index (χ3n) is 3.91. The van der Waals surface area contributed by atoms with E-state index < -0.39 is 12.2 Å². The summed E-state index contributed by atoms with van der Waals surface area (Å²) in [6, 6.07) is -0.550. The molecule has 18 heavy (non-hydrogen) atoms. The summed E-state index contributed by atoms with van der Waals surface area (Å²) in [5.41, 5.74) is 11.7. The molecule has 0 aromatic carbocycles. The summed E-state index contributed by atoms with van der Waals surface area (Å²) in [5, 5.41) is 19.2. The molecule has 1 aliphatic carbocycles. The number of nitrogens with two attached hydrogens (primary N) is 2. The monoisotopic (exact) mass is 260 g/mol. The van der Waals surface area contributed by atoms with Crippen LogP contribution in [-0.4, -0.2) is 53.0 Å². The predicted octanol–water partition coefficient (Wildman–Crippen LogP) is -0.933. The molecule has 0 spiro atoms. The van der Waals surface area contributed by atoms with E-state index in [2.05, 4.69) is 0 Å². The smallest absolute Gasteiger partial charge is 0.160 e.